The molecule has 0 aliphatic carbocycles. The minimum absolute atomic E-state index is 0.761. The summed E-state index contributed by atoms with van der Waals surface area (Å²) >= 11 is 0. The second-order valence-corrected chi connectivity index (χ2v) is 4.50. The Bertz CT molecular complexity index is 774. The van der Waals surface area contributed by atoms with E-state index in [1.165, 1.54) is 0 Å². The summed E-state index contributed by atoms with van der Waals surface area (Å²) in [6.45, 7) is 0. The maximum Gasteiger partial charge on any atom is 0.144 e. The highest BCUT2D eigenvalue weighted by Gasteiger charge is 2.04. The molecule has 100 valence electrons. The first kappa shape index (κ1) is 12.4. The van der Waals surface area contributed by atoms with Crippen molar-refractivity contribution in [2.45, 2.75) is 0 Å². The lowest BCUT2D eigenvalue weighted by atomic mass is 10.2. The fourth-order valence-corrected chi connectivity index (χ4v) is 2.16. The molecule has 0 amide bonds. The molecular formula is C16H15N3O. The van der Waals surface area contributed by atoms with Crippen LogP contribution in [0.25, 0.3) is 11.0 Å². The van der Waals surface area contributed by atoms with Gasteiger partial charge in [0.2, 0.25) is 0 Å². The van der Waals surface area contributed by atoms with Gasteiger partial charge in [0.05, 0.1) is 24.5 Å². The van der Waals surface area contributed by atoms with E-state index in [-0.39, 0.29) is 0 Å². The summed E-state index contributed by atoms with van der Waals surface area (Å²) in [4.78, 5) is 8.92. The van der Waals surface area contributed by atoms with Gasteiger partial charge in [-0.25, -0.2) is 4.98 Å². The highest BCUT2D eigenvalue weighted by molar-refractivity contribution is 5.97. The van der Waals surface area contributed by atoms with E-state index in [0.717, 1.165) is 28.0 Å². The predicted molar refractivity (Wildman–Crippen MR) is 81.0 cm³/mol. The van der Waals surface area contributed by atoms with Gasteiger partial charge in [-0.2, -0.15) is 0 Å². The van der Waals surface area contributed by atoms with Crippen LogP contribution in [0.3, 0.4) is 0 Å². The molecule has 0 spiro atoms. The Morgan fingerprint density at radius 3 is 2.85 bits per heavy atom. The molecule has 0 unspecified atom stereocenters. The van der Waals surface area contributed by atoms with Gasteiger partial charge in [0.25, 0.3) is 0 Å². The number of aliphatic imine (C=N–C) groups is 1. The van der Waals surface area contributed by atoms with Crippen molar-refractivity contribution >= 4 is 22.9 Å². The zero-order valence-electron chi connectivity index (χ0n) is 11.4. The Kier molecular flexibility index (Phi) is 3.21. The zero-order chi connectivity index (χ0) is 13.9. The largest absolute Gasteiger partial charge is 0.494 e. The number of imidazole rings is 1. The number of benzene rings is 2. The van der Waals surface area contributed by atoms with Crippen LogP contribution in [0.4, 0.5) is 5.69 Å². The van der Waals surface area contributed by atoms with Gasteiger partial charge in [-0.15, -0.1) is 0 Å². The number of aromatic nitrogens is 2. The van der Waals surface area contributed by atoms with E-state index in [4.69, 9.17) is 4.74 Å². The molecule has 4 nitrogen and oxygen atoms in total. The van der Waals surface area contributed by atoms with Crippen molar-refractivity contribution in [1.82, 2.24) is 9.55 Å². The quantitative estimate of drug-likeness (QED) is 0.681. The van der Waals surface area contributed by atoms with Gasteiger partial charge < -0.3 is 9.30 Å². The fraction of sp³-hybridized carbons (Fsp3) is 0.125. The molecule has 2 aromatic carbocycles. The van der Waals surface area contributed by atoms with Gasteiger partial charge in [0, 0.05) is 18.8 Å². The number of ether oxygens (including phenoxy) is 1. The Balaban J connectivity index is 2.03. The number of para-hydroxylation sites is 3. The van der Waals surface area contributed by atoms with Crippen LogP contribution in [0.15, 0.2) is 53.8 Å². The second kappa shape index (κ2) is 5.17. The molecule has 20 heavy (non-hydrogen) atoms. The third kappa shape index (κ3) is 2.16. The highest BCUT2D eigenvalue weighted by atomic mass is 16.5. The number of aryl methyl sites for hydroxylation is 1. The molecular weight excluding hydrogens is 250 g/mol. The van der Waals surface area contributed by atoms with Gasteiger partial charge in [0.1, 0.15) is 11.4 Å². The summed E-state index contributed by atoms with van der Waals surface area (Å²) in [5.74, 6) is 0.761. The molecule has 0 N–H and O–H groups in total. The van der Waals surface area contributed by atoms with Crippen molar-refractivity contribution in [3.8, 4) is 5.75 Å². The molecule has 3 aromatic rings. The number of hydrogen-bond donors (Lipinski definition) is 0. The van der Waals surface area contributed by atoms with E-state index < -0.39 is 0 Å². The van der Waals surface area contributed by atoms with E-state index in [9.17, 15) is 0 Å². The number of fused-ring (bicyclic) bond motifs is 1. The molecule has 0 saturated heterocycles. The van der Waals surface area contributed by atoms with E-state index in [1.807, 2.05) is 66.6 Å². The van der Waals surface area contributed by atoms with Crippen molar-refractivity contribution in [3.63, 3.8) is 0 Å². The van der Waals surface area contributed by atoms with Crippen molar-refractivity contribution in [2.24, 2.45) is 12.0 Å². The molecule has 4 heteroatoms. The maximum atomic E-state index is 5.29. The first-order valence-corrected chi connectivity index (χ1v) is 6.37. The summed E-state index contributed by atoms with van der Waals surface area (Å²) in [5.41, 5.74) is 3.85. The molecule has 0 atom stereocenters. The number of nitrogens with zero attached hydrogens (tertiary/aromatic N) is 3. The summed E-state index contributed by atoms with van der Waals surface area (Å²) in [7, 11) is 3.63. The summed E-state index contributed by atoms with van der Waals surface area (Å²) in [6, 6.07) is 13.8. The van der Waals surface area contributed by atoms with E-state index in [2.05, 4.69) is 9.98 Å². The van der Waals surface area contributed by atoms with E-state index in [1.54, 1.807) is 7.11 Å². The van der Waals surface area contributed by atoms with Crippen LogP contribution in [0.5, 0.6) is 5.75 Å². The van der Waals surface area contributed by atoms with Crippen molar-refractivity contribution < 1.29 is 4.74 Å². The smallest absolute Gasteiger partial charge is 0.144 e. The number of rotatable bonds is 3. The third-order valence-corrected chi connectivity index (χ3v) is 3.21. The van der Waals surface area contributed by atoms with Crippen LogP contribution >= 0.6 is 0 Å². The molecule has 0 radical (unpaired) electrons. The lowest BCUT2D eigenvalue weighted by Gasteiger charge is -2.03. The predicted octanol–water partition coefficient (Wildman–Crippen LogP) is 3.33. The second-order valence-electron chi connectivity index (χ2n) is 4.50. The summed E-state index contributed by atoms with van der Waals surface area (Å²) in [5, 5.41) is 0. The monoisotopic (exact) mass is 265 g/mol. The van der Waals surface area contributed by atoms with Crippen molar-refractivity contribution in [1.29, 1.82) is 0 Å². The molecule has 0 bridgehead atoms. The Morgan fingerprint density at radius 2 is 2.00 bits per heavy atom. The summed E-state index contributed by atoms with van der Waals surface area (Å²) in [6.07, 6.45) is 3.64. The minimum atomic E-state index is 0.761. The highest BCUT2D eigenvalue weighted by Crippen LogP contribution is 2.26. The minimum Gasteiger partial charge on any atom is -0.494 e. The van der Waals surface area contributed by atoms with Crippen LogP contribution in [0.2, 0.25) is 0 Å². The first-order chi connectivity index (χ1) is 9.79. The van der Waals surface area contributed by atoms with Crippen LogP contribution in [0, 0.1) is 0 Å². The average Bonchev–Trinajstić information content (AvgIpc) is 2.88. The van der Waals surface area contributed by atoms with Crippen LogP contribution in [-0.4, -0.2) is 22.9 Å². The molecule has 3 rings (SSSR count). The third-order valence-electron chi connectivity index (χ3n) is 3.21. The lowest BCUT2D eigenvalue weighted by Crippen LogP contribution is -1.87. The van der Waals surface area contributed by atoms with Gasteiger partial charge in [-0.3, -0.25) is 4.99 Å². The molecule has 1 heterocycles. The molecule has 0 aliphatic rings. The normalized spacial score (nSPS) is 11.3. The summed E-state index contributed by atoms with van der Waals surface area (Å²) < 4.78 is 7.29. The van der Waals surface area contributed by atoms with Crippen LogP contribution in [-0.2, 0) is 7.05 Å². The first-order valence-electron chi connectivity index (χ1n) is 6.37. The lowest BCUT2D eigenvalue weighted by molar-refractivity contribution is 0.416. The van der Waals surface area contributed by atoms with Gasteiger partial charge >= 0.3 is 0 Å². The van der Waals surface area contributed by atoms with E-state index >= 15 is 0 Å². The number of methoxy groups -OCH3 is 1. The van der Waals surface area contributed by atoms with Gasteiger partial charge in [0.15, 0.2) is 0 Å². The maximum absolute atomic E-state index is 5.29. The Hall–Kier alpha value is -2.62. The topological polar surface area (TPSA) is 39.4 Å². The SMILES string of the molecule is COc1ccccc1N=Cc1cccc2c1ncn2C. The Morgan fingerprint density at radius 1 is 1.15 bits per heavy atom. The standard InChI is InChI=1S/C16H15N3O/c1-19-11-18-16-12(6-5-8-14(16)19)10-17-13-7-3-4-9-15(13)20-2/h3-11H,1-2H3. The average molecular weight is 265 g/mol. The Labute approximate surface area is 117 Å². The van der Waals surface area contributed by atoms with Crippen molar-refractivity contribution in [2.75, 3.05) is 7.11 Å². The van der Waals surface area contributed by atoms with Crippen LogP contribution < -0.4 is 4.74 Å². The molecule has 0 saturated carbocycles. The fourth-order valence-electron chi connectivity index (χ4n) is 2.16. The van der Waals surface area contributed by atoms with Crippen LogP contribution in [0.1, 0.15) is 5.56 Å². The van der Waals surface area contributed by atoms with Gasteiger partial charge in [-0.1, -0.05) is 24.3 Å². The van der Waals surface area contributed by atoms with Crippen molar-refractivity contribution in [3.05, 3.63) is 54.4 Å². The van der Waals surface area contributed by atoms with E-state index in [0.29, 0.717) is 0 Å². The van der Waals surface area contributed by atoms with Gasteiger partial charge in [-0.05, 0) is 18.2 Å². The number of hydrogen-bond acceptors (Lipinski definition) is 3. The molecule has 0 fully saturated rings. The molecule has 1 aromatic heterocycles. The molecule has 0 aliphatic heterocycles. The zero-order valence-corrected chi connectivity index (χ0v) is 11.4.